The predicted octanol–water partition coefficient (Wildman–Crippen LogP) is -0.338. The van der Waals surface area contributed by atoms with E-state index >= 15 is 0 Å². The van der Waals surface area contributed by atoms with Gasteiger partial charge in [-0.15, -0.1) is 0 Å². The predicted molar refractivity (Wildman–Crippen MR) is 45.6 cm³/mol. The van der Waals surface area contributed by atoms with Gasteiger partial charge in [0, 0.05) is 26.2 Å². The lowest BCUT2D eigenvalue weighted by atomic mass is 10.3. The minimum Gasteiger partial charge on any atom is -0.392 e. The monoisotopic (exact) mass is 158 g/mol. The van der Waals surface area contributed by atoms with Gasteiger partial charge >= 0.3 is 0 Å². The highest BCUT2D eigenvalue weighted by Gasteiger charge is 2.18. The summed E-state index contributed by atoms with van der Waals surface area (Å²) in [7, 11) is 0. The van der Waals surface area contributed by atoms with Crippen molar-refractivity contribution < 1.29 is 5.11 Å². The summed E-state index contributed by atoms with van der Waals surface area (Å²) in [6.07, 6.45) is 0.878. The number of likely N-dealkylation sites (N-methyl/N-ethyl adjacent to an activating group) is 1. The van der Waals surface area contributed by atoms with Gasteiger partial charge in [0.05, 0.1) is 6.10 Å². The van der Waals surface area contributed by atoms with Crippen LogP contribution < -0.4 is 5.32 Å². The van der Waals surface area contributed by atoms with Crippen molar-refractivity contribution in [2.24, 2.45) is 0 Å². The van der Waals surface area contributed by atoms with Crippen molar-refractivity contribution in [2.45, 2.75) is 19.4 Å². The second-order valence-electron chi connectivity index (χ2n) is 3.10. The Morgan fingerprint density at radius 1 is 1.64 bits per heavy atom. The summed E-state index contributed by atoms with van der Waals surface area (Å²) >= 11 is 0. The van der Waals surface area contributed by atoms with Crippen molar-refractivity contribution in [1.82, 2.24) is 10.2 Å². The van der Waals surface area contributed by atoms with Gasteiger partial charge in [0.1, 0.15) is 0 Å². The highest BCUT2D eigenvalue weighted by atomic mass is 16.3. The summed E-state index contributed by atoms with van der Waals surface area (Å²) in [4.78, 5) is 2.30. The van der Waals surface area contributed by atoms with Crippen molar-refractivity contribution in [3.05, 3.63) is 0 Å². The van der Waals surface area contributed by atoms with Gasteiger partial charge < -0.3 is 10.4 Å². The van der Waals surface area contributed by atoms with Crippen molar-refractivity contribution in [2.75, 3.05) is 32.7 Å². The van der Waals surface area contributed by atoms with Crippen molar-refractivity contribution in [3.8, 4) is 0 Å². The minimum absolute atomic E-state index is 0.0726. The third-order valence-corrected chi connectivity index (χ3v) is 2.10. The molecular formula is C8H18N2O. The maximum absolute atomic E-state index is 9.19. The summed E-state index contributed by atoms with van der Waals surface area (Å²) < 4.78 is 0. The number of aliphatic hydroxyl groups excluding tert-OH is 1. The Balaban J connectivity index is 1.99. The van der Waals surface area contributed by atoms with Crippen LogP contribution in [0.4, 0.5) is 0 Å². The van der Waals surface area contributed by atoms with E-state index in [-0.39, 0.29) is 6.10 Å². The Hall–Kier alpha value is -0.120. The highest BCUT2D eigenvalue weighted by molar-refractivity contribution is 4.74. The summed E-state index contributed by atoms with van der Waals surface area (Å²) in [6.45, 7) is 7.20. The second kappa shape index (κ2) is 4.70. The van der Waals surface area contributed by atoms with Crippen LogP contribution >= 0.6 is 0 Å². The molecule has 0 aromatic heterocycles. The fourth-order valence-electron chi connectivity index (χ4n) is 1.43. The number of β-amino-alcohol motifs (C(OH)–C–C–N with tert-alkyl or cyclic N) is 1. The SMILES string of the molecule is CCNCCN1CCC(O)C1. The van der Waals surface area contributed by atoms with Crippen LogP contribution in [-0.2, 0) is 0 Å². The van der Waals surface area contributed by atoms with Crippen LogP contribution in [0, 0.1) is 0 Å². The van der Waals surface area contributed by atoms with E-state index in [9.17, 15) is 5.11 Å². The number of nitrogens with zero attached hydrogens (tertiary/aromatic N) is 1. The molecule has 0 spiro atoms. The minimum atomic E-state index is -0.0726. The van der Waals surface area contributed by atoms with E-state index < -0.39 is 0 Å². The molecule has 1 saturated heterocycles. The molecule has 0 bridgehead atoms. The zero-order valence-corrected chi connectivity index (χ0v) is 7.21. The first-order valence-electron chi connectivity index (χ1n) is 4.44. The van der Waals surface area contributed by atoms with E-state index in [0.29, 0.717) is 0 Å². The average molecular weight is 158 g/mol. The molecule has 1 heterocycles. The number of rotatable bonds is 4. The third-order valence-electron chi connectivity index (χ3n) is 2.10. The largest absolute Gasteiger partial charge is 0.392 e. The topological polar surface area (TPSA) is 35.5 Å². The van der Waals surface area contributed by atoms with Gasteiger partial charge in [0.15, 0.2) is 0 Å². The Morgan fingerprint density at radius 2 is 2.45 bits per heavy atom. The fraction of sp³-hybridized carbons (Fsp3) is 1.00. The standard InChI is InChI=1S/C8H18N2O/c1-2-9-4-6-10-5-3-8(11)7-10/h8-9,11H,2-7H2,1H3. The van der Waals surface area contributed by atoms with Gasteiger partial charge in [-0.1, -0.05) is 6.92 Å². The lowest BCUT2D eigenvalue weighted by Gasteiger charge is -2.14. The molecule has 1 unspecified atom stereocenters. The first-order valence-corrected chi connectivity index (χ1v) is 4.44. The molecule has 2 N–H and O–H groups in total. The molecule has 3 heteroatoms. The summed E-state index contributed by atoms with van der Waals surface area (Å²) in [6, 6.07) is 0. The molecule has 0 aromatic rings. The van der Waals surface area contributed by atoms with E-state index in [1.54, 1.807) is 0 Å². The molecule has 1 aliphatic heterocycles. The number of nitrogens with one attached hydrogen (secondary N) is 1. The van der Waals surface area contributed by atoms with Gasteiger partial charge in [-0.3, -0.25) is 4.90 Å². The lowest BCUT2D eigenvalue weighted by molar-refractivity contribution is 0.176. The van der Waals surface area contributed by atoms with Gasteiger partial charge in [0.2, 0.25) is 0 Å². The van der Waals surface area contributed by atoms with Crippen molar-refractivity contribution >= 4 is 0 Å². The molecular weight excluding hydrogens is 140 g/mol. The molecule has 66 valence electrons. The Morgan fingerprint density at radius 3 is 3.00 bits per heavy atom. The zero-order chi connectivity index (χ0) is 8.10. The maximum atomic E-state index is 9.19. The van der Waals surface area contributed by atoms with E-state index in [2.05, 4.69) is 17.1 Å². The van der Waals surface area contributed by atoms with Gasteiger partial charge in [-0.2, -0.15) is 0 Å². The van der Waals surface area contributed by atoms with Crippen LogP contribution in [0.3, 0.4) is 0 Å². The third kappa shape index (κ3) is 3.18. The quantitative estimate of drug-likeness (QED) is 0.550. The maximum Gasteiger partial charge on any atom is 0.0679 e. The van der Waals surface area contributed by atoms with Gasteiger partial charge in [0.25, 0.3) is 0 Å². The van der Waals surface area contributed by atoms with E-state index in [1.165, 1.54) is 0 Å². The van der Waals surface area contributed by atoms with Crippen LogP contribution in [0.2, 0.25) is 0 Å². The van der Waals surface area contributed by atoms with Crippen LogP contribution in [0.5, 0.6) is 0 Å². The summed E-state index contributed by atoms with van der Waals surface area (Å²) in [5.41, 5.74) is 0. The van der Waals surface area contributed by atoms with Crippen LogP contribution in [0.1, 0.15) is 13.3 Å². The molecule has 0 amide bonds. The van der Waals surface area contributed by atoms with Crippen LogP contribution in [0.25, 0.3) is 0 Å². The lowest BCUT2D eigenvalue weighted by Crippen LogP contribution is -2.30. The van der Waals surface area contributed by atoms with Crippen LogP contribution in [-0.4, -0.2) is 48.8 Å². The molecule has 11 heavy (non-hydrogen) atoms. The van der Waals surface area contributed by atoms with E-state index in [1.807, 2.05) is 0 Å². The second-order valence-corrected chi connectivity index (χ2v) is 3.10. The number of hydrogen-bond donors (Lipinski definition) is 2. The van der Waals surface area contributed by atoms with Crippen LogP contribution in [0.15, 0.2) is 0 Å². The van der Waals surface area contributed by atoms with Gasteiger partial charge in [-0.05, 0) is 13.0 Å². The first-order chi connectivity index (χ1) is 5.33. The molecule has 0 aromatic carbocycles. The molecule has 1 atom stereocenters. The van der Waals surface area contributed by atoms with Crippen molar-refractivity contribution in [3.63, 3.8) is 0 Å². The molecule has 3 nitrogen and oxygen atoms in total. The van der Waals surface area contributed by atoms with Gasteiger partial charge in [-0.25, -0.2) is 0 Å². The Labute approximate surface area is 68.4 Å². The summed E-state index contributed by atoms with van der Waals surface area (Å²) in [5, 5.41) is 12.5. The summed E-state index contributed by atoms with van der Waals surface area (Å²) in [5.74, 6) is 0. The highest BCUT2D eigenvalue weighted by Crippen LogP contribution is 2.06. The fourth-order valence-corrected chi connectivity index (χ4v) is 1.43. The number of hydrogen-bond acceptors (Lipinski definition) is 3. The Kier molecular flexibility index (Phi) is 3.83. The molecule has 1 rings (SSSR count). The van der Waals surface area contributed by atoms with E-state index in [0.717, 1.165) is 39.1 Å². The average Bonchev–Trinajstić information content (AvgIpc) is 2.37. The van der Waals surface area contributed by atoms with E-state index in [4.69, 9.17) is 0 Å². The smallest absolute Gasteiger partial charge is 0.0679 e. The number of likely N-dealkylation sites (tertiary alicyclic amines) is 1. The molecule has 0 radical (unpaired) electrons. The Bertz CT molecular complexity index is 108. The molecule has 0 saturated carbocycles. The molecule has 0 aliphatic carbocycles. The normalized spacial score (nSPS) is 26.2. The molecule has 1 fully saturated rings. The first kappa shape index (κ1) is 8.97. The zero-order valence-electron chi connectivity index (χ0n) is 7.21. The molecule has 1 aliphatic rings. The number of aliphatic hydroxyl groups is 1. The van der Waals surface area contributed by atoms with Crippen molar-refractivity contribution in [1.29, 1.82) is 0 Å².